The predicted octanol–water partition coefficient (Wildman–Crippen LogP) is 1.83. The lowest BCUT2D eigenvalue weighted by atomic mass is 10.1. The lowest BCUT2D eigenvalue weighted by molar-refractivity contribution is 0.269. The molecule has 5 rings (SSSR count). The zero-order valence-corrected chi connectivity index (χ0v) is 18.3. The number of aliphatic hydroxyl groups excluding tert-OH is 1. The van der Waals surface area contributed by atoms with Gasteiger partial charge in [-0.05, 0) is 18.2 Å². The number of hydrogen-bond acceptors (Lipinski definition) is 9. The van der Waals surface area contributed by atoms with E-state index in [1.54, 1.807) is 37.4 Å². The Morgan fingerprint density at radius 3 is 2.97 bits per heavy atom. The largest absolute Gasteiger partial charge is 0.495 e. The van der Waals surface area contributed by atoms with Crippen molar-refractivity contribution in [3.63, 3.8) is 0 Å². The van der Waals surface area contributed by atoms with Crippen LogP contribution in [0.4, 0.5) is 28.7 Å². The summed E-state index contributed by atoms with van der Waals surface area (Å²) in [6.45, 7) is 1.72. The number of nitrogens with one attached hydrogen (secondary N) is 2. The summed E-state index contributed by atoms with van der Waals surface area (Å²) >= 11 is 0. The van der Waals surface area contributed by atoms with Gasteiger partial charge < -0.3 is 25.4 Å². The number of ether oxygens (including phenoxy) is 1. The maximum absolute atomic E-state index is 13.3. The third kappa shape index (κ3) is 3.72. The second-order valence-electron chi connectivity index (χ2n) is 7.64. The van der Waals surface area contributed by atoms with Crippen LogP contribution in [-0.2, 0) is 13.6 Å². The van der Waals surface area contributed by atoms with Crippen LogP contribution in [0, 0.1) is 0 Å². The molecular weight excluding hydrogens is 424 g/mol. The Balaban J connectivity index is 1.52. The van der Waals surface area contributed by atoms with E-state index in [1.807, 2.05) is 29.2 Å². The molecule has 3 N–H and O–H groups in total. The quantitative estimate of drug-likeness (QED) is 0.405. The average Bonchev–Trinajstić information content (AvgIpc) is 3.28. The highest BCUT2D eigenvalue weighted by atomic mass is 16.5. The van der Waals surface area contributed by atoms with Gasteiger partial charge in [0.05, 0.1) is 37.8 Å². The fraction of sp³-hybridized carbons (Fsp3) is 0.273. The molecular formula is C22H24N8O3. The minimum atomic E-state index is -0.154. The molecule has 0 radical (unpaired) electrons. The number of hydrogen-bond donors (Lipinski definition) is 3. The van der Waals surface area contributed by atoms with Crippen molar-refractivity contribution in [3.8, 4) is 5.75 Å². The number of aromatic nitrogens is 5. The lowest BCUT2D eigenvalue weighted by Crippen LogP contribution is -2.35. The van der Waals surface area contributed by atoms with Gasteiger partial charge in [-0.15, -0.1) is 0 Å². The molecule has 0 aliphatic carbocycles. The van der Waals surface area contributed by atoms with E-state index >= 15 is 0 Å². The first-order valence-corrected chi connectivity index (χ1v) is 10.5. The van der Waals surface area contributed by atoms with Crippen LogP contribution in [0.1, 0.15) is 0 Å². The first-order valence-electron chi connectivity index (χ1n) is 10.5. The molecule has 0 saturated carbocycles. The molecule has 1 aromatic carbocycles. The van der Waals surface area contributed by atoms with Gasteiger partial charge >= 0.3 is 0 Å². The van der Waals surface area contributed by atoms with Crippen LogP contribution in [0.2, 0.25) is 0 Å². The maximum Gasteiger partial charge on any atom is 0.275 e. The molecule has 4 aromatic rings. The lowest BCUT2D eigenvalue weighted by Gasteiger charge is -2.32. The number of pyridine rings is 1. The Morgan fingerprint density at radius 2 is 2.15 bits per heavy atom. The van der Waals surface area contributed by atoms with Gasteiger partial charge in [-0.2, -0.15) is 10.1 Å². The van der Waals surface area contributed by atoms with Gasteiger partial charge in [0.1, 0.15) is 22.8 Å². The molecule has 0 unspecified atom stereocenters. The van der Waals surface area contributed by atoms with E-state index in [0.717, 1.165) is 22.5 Å². The second-order valence-corrected chi connectivity index (χ2v) is 7.64. The van der Waals surface area contributed by atoms with E-state index in [4.69, 9.17) is 9.84 Å². The third-order valence-corrected chi connectivity index (χ3v) is 5.59. The highest BCUT2D eigenvalue weighted by molar-refractivity contribution is 5.86. The van der Waals surface area contributed by atoms with Crippen molar-refractivity contribution in [1.29, 1.82) is 0 Å². The summed E-state index contributed by atoms with van der Waals surface area (Å²) in [5.74, 6) is 1.09. The highest BCUT2D eigenvalue weighted by Gasteiger charge is 2.24. The molecule has 0 bridgehead atoms. The van der Waals surface area contributed by atoms with Gasteiger partial charge in [-0.3, -0.25) is 14.0 Å². The third-order valence-electron chi connectivity index (χ3n) is 5.59. The number of aryl methyl sites for hydroxylation is 1. The van der Waals surface area contributed by atoms with Crippen molar-refractivity contribution in [2.45, 2.75) is 6.54 Å². The second kappa shape index (κ2) is 8.43. The molecule has 1 aliphatic heterocycles. The molecule has 0 spiro atoms. The van der Waals surface area contributed by atoms with Crippen LogP contribution in [-0.4, -0.2) is 56.2 Å². The summed E-state index contributed by atoms with van der Waals surface area (Å²) < 4.78 is 8.63. The fourth-order valence-electron chi connectivity index (χ4n) is 4.02. The van der Waals surface area contributed by atoms with Gasteiger partial charge in [0.2, 0.25) is 5.95 Å². The van der Waals surface area contributed by atoms with Crippen molar-refractivity contribution < 1.29 is 9.84 Å². The van der Waals surface area contributed by atoms with E-state index < -0.39 is 0 Å². The van der Waals surface area contributed by atoms with Gasteiger partial charge in [0, 0.05) is 37.9 Å². The van der Waals surface area contributed by atoms with Crippen LogP contribution in [0.15, 0.2) is 47.7 Å². The van der Waals surface area contributed by atoms with Crippen molar-refractivity contribution in [2.75, 3.05) is 42.3 Å². The van der Waals surface area contributed by atoms with Gasteiger partial charge in [0.25, 0.3) is 5.56 Å². The Morgan fingerprint density at radius 1 is 1.27 bits per heavy atom. The number of benzene rings is 1. The number of rotatable bonds is 6. The number of methoxy groups -OCH3 is 1. The SMILES string of the molecule is COc1cccc2c1NCCN2c1cc2cnc(Nc3cnn(CCO)c3)nc2n(C)c1=O. The molecule has 1 aliphatic rings. The molecule has 0 fully saturated rings. The molecule has 11 nitrogen and oxygen atoms in total. The summed E-state index contributed by atoms with van der Waals surface area (Å²) in [5.41, 5.74) is 3.36. The first kappa shape index (κ1) is 20.8. The number of anilines is 5. The van der Waals surface area contributed by atoms with Gasteiger partial charge in [0.15, 0.2) is 0 Å². The molecule has 11 heteroatoms. The van der Waals surface area contributed by atoms with Crippen LogP contribution >= 0.6 is 0 Å². The standard InChI is InChI=1S/C22H24N8O3/c1-28-20-14(11-24-22(27-20)26-15-12-25-29(13-15)8-9-31)10-17(21(28)32)30-7-6-23-19-16(30)4-3-5-18(19)33-2/h3-5,10-13,23,31H,6-9H2,1-2H3,(H,24,26,27). The Bertz CT molecular complexity index is 1380. The predicted molar refractivity (Wildman–Crippen MR) is 126 cm³/mol. The maximum atomic E-state index is 13.3. The molecule has 33 heavy (non-hydrogen) atoms. The molecule has 3 aromatic heterocycles. The zero-order chi connectivity index (χ0) is 22.9. The van der Waals surface area contributed by atoms with Crippen LogP contribution < -0.4 is 25.8 Å². The molecule has 4 heterocycles. The number of nitrogens with zero attached hydrogens (tertiary/aromatic N) is 6. The van der Waals surface area contributed by atoms with Crippen molar-refractivity contribution in [1.82, 2.24) is 24.3 Å². The topological polar surface area (TPSA) is 122 Å². The van der Waals surface area contributed by atoms with E-state index in [2.05, 4.69) is 25.7 Å². The molecule has 0 amide bonds. The molecule has 0 atom stereocenters. The smallest absolute Gasteiger partial charge is 0.275 e. The summed E-state index contributed by atoms with van der Waals surface area (Å²) in [6, 6.07) is 7.60. The Hall–Kier alpha value is -4.12. The number of para-hydroxylation sites is 1. The van der Waals surface area contributed by atoms with Crippen LogP contribution in [0.25, 0.3) is 11.0 Å². The first-order chi connectivity index (χ1) is 16.1. The summed E-state index contributed by atoms with van der Waals surface area (Å²) in [6.07, 6.45) is 5.07. The van der Waals surface area contributed by atoms with E-state index in [1.165, 1.54) is 4.57 Å². The number of aliphatic hydroxyl groups is 1. The van der Waals surface area contributed by atoms with Crippen molar-refractivity contribution >= 4 is 39.7 Å². The van der Waals surface area contributed by atoms with Gasteiger partial charge in [-0.1, -0.05) is 6.07 Å². The van der Waals surface area contributed by atoms with Crippen LogP contribution in [0.3, 0.4) is 0 Å². The fourth-order valence-corrected chi connectivity index (χ4v) is 4.02. The molecule has 170 valence electrons. The zero-order valence-electron chi connectivity index (χ0n) is 18.3. The monoisotopic (exact) mass is 448 g/mol. The van der Waals surface area contributed by atoms with E-state index in [9.17, 15) is 4.79 Å². The van der Waals surface area contributed by atoms with E-state index in [-0.39, 0.29) is 12.2 Å². The molecule has 0 saturated heterocycles. The average molecular weight is 448 g/mol. The van der Waals surface area contributed by atoms with Crippen molar-refractivity contribution in [3.05, 3.63) is 53.2 Å². The summed E-state index contributed by atoms with van der Waals surface area (Å²) in [4.78, 5) is 24.3. The normalized spacial score (nSPS) is 13.0. The number of fused-ring (bicyclic) bond motifs is 2. The minimum absolute atomic E-state index is 0.00236. The van der Waals surface area contributed by atoms with Crippen LogP contribution in [0.5, 0.6) is 5.75 Å². The Kier molecular flexibility index (Phi) is 5.31. The summed E-state index contributed by atoms with van der Waals surface area (Å²) in [7, 11) is 3.34. The van der Waals surface area contributed by atoms with E-state index in [0.29, 0.717) is 42.6 Å². The Labute approximate surface area is 189 Å². The summed E-state index contributed by atoms with van der Waals surface area (Å²) in [5, 5.41) is 20.4. The minimum Gasteiger partial charge on any atom is -0.495 e. The van der Waals surface area contributed by atoms with Crippen molar-refractivity contribution in [2.24, 2.45) is 7.05 Å². The highest BCUT2D eigenvalue weighted by Crippen LogP contribution is 2.40. The van der Waals surface area contributed by atoms with Gasteiger partial charge in [-0.25, -0.2) is 4.98 Å².